The zero-order valence-corrected chi connectivity index (χ0v) is 7.80. The minimum absolute atomic E-state index is 0.833. The molecule has 2 N–H and O–H groups in total. The molecular weight excluding hydrogens is 188 g/mol. The number of isocyanates is 1. The lowest BCUT2D eigenvalue weighted by Crippen LogP contribution is -2.18. The quantitative estimate of drug-likeness (QED) is 0.417. The van der Waals surface area contributed by atoms with Gasteiger partial charge in [0.1, 0.15) is 0 Å². The van der Waals surface area contributed by atoms with Gasteiger partial charge in [0.05, 0.1) is 12.5 Å². The van der Waals surface area contributed by atoms with Gasteiger partial charge in [-0.1, -0.05) is 13.2 Å². The molecule has 0 aromatic rings. The predicted molar refractivity (Wildman–Crippen MR) is 49.7 cm³/mol. The number of carbonyl (C=O) groups is 1. The number of carbonyl (C=O) groups excluding carboxylic acids is 2. The van der Waals surface area contributed by atoms with Gasteiger partial charge in [0.25, 0.3) is 0 Å². The number of hydrogen-bond acceptors (Lipinski definition) is 5. The number of ether oxygens (including phenoxy) is 2. The van der Waals surface area contributed by atoms with Crippen LogP contribution in [0.25, 0.3) is 0 Å². The average Bonchev–Trinajstić information content (AvgIpc) is 2.05. The van der Waals surface area contributed by atoms with Gasteiger partial charge >= 0.3 is 6.09 Å². The van der Waals surface area contributed by atoms with Gasteiger partial charge in [-0.25, -0.2) is 9.59 Å². The highest BCUT2D eigenvalue weighted by Crippen LogP contribution is 1.88. The molecule has 0 saturated carbocycles. The molecule has 1 atom stereocenters. The summed E-state index contributed by atoms with van der Waals surface area (Å²) in [6.45, 7) is 7.91. The second-order valence-corrected chi connectivity index (χ2v) is 1.73. The van der Waals surface area contributed by atoms with Crippen LogP contribution >= 0.6 is 0 Å². The zero-order chi connectivity index (χ0) is 11.4. The molecule has 0 bridgehead atoms. The summed E-state index contributed by atoms with van der Waals surface area (Å²) in [4.78, 5) is 22.4. The van der Waals surface area contributed by atoms with Crippen LogP contribution in [0.5, 0.6) is 0 Å². The van der Waals surface area contributed by atoms with E-state index in [0.717, 1.165) is 0 Å². The predicted octanol–water partition coefficient (Wildman–Crippen LogP) is 1.05. The third-order valence-electron chi connectivity index (χ3n) is 0.714. The summed E-state index contributed by atoms with van der Waals surface area (Å²) in [5.74, 6) is 0. The molecular formula is C8H12N2O4. The first-order valence-electron chi connectivity index (χ1n) is 3.48. The lowest BCUT2D eigenvalue weighted by molar-refractivity contribution is 0.121. The molecule has 78 valence electrons. The molecule has 0 spiro atoms. The largest absolute Gasteiger partial charge is 0.474 e. The van der Waals surface area contributed by atoms with Crippen LogP contribution < -0.4 is 5.73 Å². The molecule has 0 aromatic heterocycles. The highest BCUT2D eigenvalue weighted by atomic mass is 16.6. The van der Waals surface area contributed by atoms with E-state index in [1.165, 1.54) is 25.5 Å². The van der Waals surface area contributed by atoms with Crippen LogP contribution in [0.4, 0.5) is 4.79 Å². The van der Waals surface area contributed by atoms with E-state index in [-0.39, 0.29) is 0 Å². The molecule has 0 aliphatic carbocycles. The standard InChI is InChI=1S/C4H6N2O3.C4H6O/c1-3(6-2-7)9-4(5)8;1-3-5-4-2/h3H,1H3,(H2,5,8);3-4H,1-2H2. The van der Waals surface area contributed by atoms with Crippen LogP contribution in [-0.2, 0) is 14.3 Å². The molecule has 6 nitrogen and oxygen atoms in total. The first kappa shape index (κ1) is 14.5. The number of hydrogen-bond donors (Lipinski definition) is 1. The van der Waals surface area contributed by atoms with Crippen molar-refractivity contribution in [3.05, 3.63) is 25.7 Å². The summed E-state index contributed by atoms with van der Waals surface area (Å²) < 4.78 is 8.56. The lowest BCUT2D eigenvalue weighted by Gasteiger charge is -2.00. The van der Waals surface area contributed by atoms with Crippen molar-refractivity contribution in [2.24, 2.45) is 10.7 Å². The fraction of sp³-hybridized carbons (Fsp3) is 0.250. The van der Waals surface area contributed by atoms with Crippen molar-refractivity contribution in [2.75, 3.05) is 0 Å². The van der Waals surface area contributed by atoms with Crippen molar-refractivity contribution >= 4 is 12.2 Å². The molecule has 0 aliphatic rings. The number of aliphatic imine (C=N–C) groups is 1. The van der Waals surface area contributed by atoms with Crippen molar-refractivity contribution in [3.8, 4) is 0 Å². The fourth-order valence-corrected chi connectivity index (χ4v) is 0.337. The third kappa shape index (κ3) is 16.5. The summed E-state index contributed by atoms with van der Waals surface area (Å²) in [5, 5.41) is 0. The SMILES string of the molecule is C=COC=C.CC(N=C=O)OC(N)=O. The Bertz CT molecular complexity index is 227. The minimum Gasteiger partial charge on any atom is -0.474 e. The van der Waals surface area contributed by atoms with Crippen molar-refractivity contribution in [1.29, 1.82) is 0 Å². The van der Waals surface area contributed by atoms with Gasteiger partial charge in [0.15, 0.2) is 0 Å². The molecule has 0 aliphatic heterocycles. The number of nitrogens with two attached hydrogens (primary N) is 1. The van der Waals surface area contributed by atoms with Crippen LogP contribution in [0.1, 0.15) is 6.92 Å². The van der Waals surface area contributed by atoms with E-state index in [2.05, 4.69) is 33.4 Å². The summed E-state index contributed by atoms with van der Waals surface area (Å²) in [6.07, 6.45) is 2.05. The zero-order valence-electron chi connectivity index (χ0n) is 7.80. The van der Waals surface area contributed by atoms with Crippen molar-refractivity contribution in [3.63, 3.8) is 0 Å². The Labute approximate surface area is 81.7 Å². The molecule has 6 heteroatoms. The van der Waals surface area contributed by atoms with E-state index in [4.69, 9.17) is 0 Å². The molecule has 0 heterocycles. The molecule has 1 amide bonds. The normalized spacial score (nSPS) is 9.21. The van der Waals surface area contributed by atoms with Gasteiger partial charge in [0, 0.05) is 0 Å². The second kappa shape index (κ2) is 10.9. The summed E-state index contributed by atoms with van der Waals surface area (Å²) in [5.41, 5.74) is 4.57. The summed E-state index contributed by atoms with van der Waals surface area (Å²) >= 11 is 0. The average molecular weight is 200 g/mol. The van der Waals surface area contributed by atoms with Crippen molar-refractivity contribution in [2.45, 2.75) is 13.2 Å². The lowest BCUT2D eigenvalue weighted by atomic mass is 10.7. The van der Waals surface area contributed by atoms with Gasteiger partial charge in [0.2, 0.25) is 12.3 Å². The van der Waals surface area contributed by atoms with Crippen molar-refractivity contribution < 1.29 is 19.1 Å². The van der Waals surface area contributed by atoms with Crippen molar-refractivity contribution in [1.82, 2.24) is 0 Å². The Morgan fingerprint density at radius 2 is 2.07 bits per heavy atom. The van der Waals surface area contributed by atoms with Crippen LogP contribution in [0.15, 0.2) is 30.7 Å². The van der Waals surface area contributed by atoms with E-state index in [0.29, 0.717) is 0 Å². The van der Waals surface area contributed by atoms with Gasteiger partial charge < -0.3 is 15.2 Å². The highest BCUT2D eigenvalue weighted by molar-refractivity contribution is 5.64. The smallest absolute Gasteiger partial charge is 0.406 e. The summed E-state index contributed by atoms with van der Waals surface area (Å²) in [7, 11) is 0. The molecule has 0 rings (SSSR count). The number of nitrogens with zero attached hydrogens (tertiary/aromatic N) is 1. The van der Waals surface area contributed by atoms with E-state index in [1.807, 2.05) is 0 Å². The minimum atomic E-state index is -0.957. The number of primary amides is 1. The fourth-order valence-electron chi connectivity index (χ4n) is 0.337. The van der Waals surface area contributed by atoms with Gasteiger partial charge in [-0.15, -0.1) is 0 Å². The van der Waals surface area contributed by atoms with Gasteiger partial charge in [-0.2, -0.15) is 4.99 Å². The molecule has 14 heavy (non-hydrogen) atoms. The van der Waals surface area contributed by atoms with Gasteiger partial charge in [-0.3, -0.25) is 0 Å². The third-order valence-corrected chi connectivity index (χ3v) is 0.714. The monoisotopic (exact) mass is 200 g/mol. The van der Waals surface area contributed by atoms with Crippen LogP contribution in [-0.4, -0.2) is 18.4 Å². The first-order valence-corrected chi connectivity index (χ1v) is 3.48. The number of amides is 1. The Morgan fingerprint density at radius 3 is 2.29 bits per heavy atom. The van der Waals surface area contributed by atoms with Crippen LogP contribution in [0.2, 0.25) is 0 Å². The Kier molecular flexibility index (Phi) is 11.3. The number of rotatable bonds is 4. The highest BCUT2D eigenvalue weighted by Gasteiger charge is 2.00. The van der Waals surface area contributed by atoms with Crippen LogP contribution in [0.3, 0.4) is 0 Å². The molecule has 0 radical (unpaired) electrons. The van der Waals surface area contributed by atoms with Gasteiger partial charge in [-0.05, 0) is 6.92 Å². The van der Waals surface area contributed by atoms with E-state index < -0.39 is 12.3 Å². The Morgan fingerprint density at radius 1 is 1.57 bits per heavy atom. The first-order chi connectivity index (χ1) is 6.58. The topological polar surface area (TPSA) is 91.0 Å². The van der Waals surface area contributed by atoms with E-state index >= 15 is 0 Å². The Hall–Kier alpha value is -2.07. The summed E-state index contributed by atoms with van der Waals surface area (Å²) in [6, 6.07) is 0. The Balaban J connectivity index is 0. The second-order valence-electron chi connectivity index (χ2n) is 1.73. The van der Waals surface area contributed by atoms with E-state index in [1.54, 1.807) is 0 Å². The van der Waals surface area contributed by atoms with E-state index in [9.17, 15) is 9.59 Å². The maximum atomic E-state index is 9.89. The molecule has 0 aromatic carbocycles. The maximum absolute atomic E-state index is 9.89. The maximum Gasteiger partial charge on any atom is 0.406 e. The molecule has 0 fully saturated rings. The molecule has 1 unspecified atom stereocenters. The molecule has 0 saturated heterocycles. The van der Waals surface area contributed by atoms with Crippen LogP contribution in [0, 0.1) is 0 Å².